The van der Waals surface area contributed by atoms with Gasteiger partial charge in [-0.1, -0.05) is 6.42 Å². The molecule has 0 aliphatic heterocycles. The molecule has 1 aromatic heterocycles. The van der Waals surface area contributed by atoms with Gasteiger partial charge >= 0.3 is 5.97 Å². The van der Waals surface area contributed by atoms with E-state index in [4.69, 9.17) is 9.15 Å². The molecule has 1 atom stereocenters. The molecule has 0 N–H and O–H groups in total. The lowest BCUT2D eigenvalue weighted by Gasteiger charge is -2.20. The van der Waals surface area contributed by atoms with Crippen molar-refractivity contribution in [3.8, 4) is 0 Å². The van der Waals surface area contributed by atoms with E-state index in [1.165, 1.54) is 24.3 Å². The van der Waals surface area contributed by atoms with Crippen LogP contribution in [0, 0.1) is 10.1 Å². The second kappa shape index (κ2) is 6.15. The van der Waals surface area contributed by atoms with Crippen molar-refractivity contribution in [1.29, 1.82) is 0 Å². The number of carbonyl (C=O) groups is 1. The predicted octanol–water partition coefficient (Wildman–Crippen LogP) is 3.16. The highest BCUT2D eigenvalue weighted by molar-refractivity contribution is 5.89. The second-order valence-electron chi connectivity index (χ2n) is 5.46. The molecule has 120 valence electrons. The number of hydrogen-bond acceptors (Lipinski definition) is 7. The van der Waals surface area contributed by atoms with Crippen LogP contribution in [-0.2, 0) is 4.74 Å². The molecular weight excluding hydrogens is 302 g/mol. The molecule has 0 amide bonds. The smallest absolute Gasteiger partial charge is 0.338 e. The molecule has 2 aromatic rings. The van der Waals surface area contributed by atoms with Crippen LogP contribution in [0.25, 0.3) is 0 Å². The third kappa shape index (κ3) is 3.20. The maximum atomic E-state index is 12.0. The molecule has 0 spiro atoms. The minimum Gasteiger partial charge on any atom is -0.449 e. The summed E-state index contributed by atoms with van der Waals surface area (Å²) in [6.45, 7) is 1.64. The van der Waals surface area contributed by atoms with Gasteiger partial charge in [-0.3, -0.25) is 10.1 Å². The van der Waals surface area contributed by atoms with Crippen molar-refractivity contribution in [1.82, 2.24) is 10.2 Å². The molecule has 3 rings (SSSR count). The number of benzene rings is 1. The molecular formula is C15H15N3O5. The first kappa shape index (κ1) is 15.1. The number of carbonyl (C=O) groups excluding carboxylic acids is 1. The molecule has 1 saturated carbocycles. The Morgan fingerprint density at radius 1 is 1.35 bits per heavy atom. The number of ether oxygens (including phenoxy) is 1. The van der Waals surface area contributed by atoms with Crippen molar-refractivity contribution in [2.45, 2.75) is 38.2 Å². The fourth-order valence-corrected chi connectivity index (χ4v) is 2.23. The van der Waals surface area contributed by atoms with E-state index in [1.54, 1.807) is 6.92 Å². The molecule has 1 fully saturated rings. The lowest BCUT2D eigenvalue weighted by Crippen LogP contribution is -2.10. The molecule has 1 heterocycles. The Labute approximate surface area is 131 Å². The van der Waals surface area contributed by atoms with Crippen molar-refractivity contribution < 1.29 is 18.9 Å². The number of esters is 1. The minimum atomic E-state index is -0.681. The zero-order valence-corrected chi connectivity index (χ0v) is 12.5. The van der Waals surface area contributed by atoms with E-state index in [9.17, 15) is 14.9 Å². The van der Waals surface area contributed by atoms with Gasteiger partial charge < -0.3 is 9.15 Å². The minimum absolute atomic E-state index is 0.0864. The highest BCUT2D eigenvalue weighted by Crippen LogP contribution is 2.36. The van der Waals surface area contributed by atoms with Crippen molar-refractivity contribution in [2.24, 2.45) is 0 Å². The van der Waals surface area contributed by atoms with E-state index in [0.29, 0.717) is 11.8 Å². The molecule has 23 heavy (non-hydrogen) atoms. The van der Waals surface area contributed by atoms with Crippen LogP contribution in [0.15, 0.2) is 28.7 Å². The molecule has 1 unspecified atom stereocenters. The average Bonchev–Trinajstić information content (AvgIpc) is 2.95. The van der Waals surface area contributed by atoms with Crippen LogP contribution in [0.5, 0.6) is 0 Å². The number of nitro benzene ring substituents is 1. The summed E-state index contributed by atoms with van der Waals surface area (Å²) in [7, 11) is 0. The van der Waals surface area contributed by atoms with Gasteiger partial charge in [-0.15, -0.1) is 10.2 Å². The van der Waals surface area contributed by atoms with Gasteiger partial charge in [-0.05, 0) is 31.9 Å². The van der Waals surface area contributed by atoms with Gasteiger partial charge in [0.05, 0.1) is 10.5 Å². The number of nitro groups is 1. The van der Waals surface area contributed by atoms with Crippen LogP contribution >= 0.6 is 0 Å². The molecule has 8 heteroatoms. The predicted molar refractivity (Wildman–Crippen MR) is 77.8 cm³/mol. The lowest BCUT2D eigenvalue weighted by atomic mass is 9.85. The molecule has 0 bridgehead atoms. The Bertz CT molecular complexity index is 721. The quantitative estimate of drug-likeness (QED) is 0.473. The van der Waals surface area contributed by atoms with Crippen LogP contribution in [0.1, 0.15) is 60.3 Å². The first-order valence-electron chi connectivity index (χ1n) is 7.33. The average molecular weight is 317 g/mol. The number of rotatable bonds is 5. The van der Waals surface area contributed by atoms with Crippen molar-refractivity contribution in [3.63, 3.8) is 0 Å². The number of non-ortho nitro benzene ring substituents is 1. The Morgan fingerprint density at radius 2 is 2.04 bits per heavy atom. The summed E-state index contributed by atoms with van der Waals surface area (Å²) in [5.41, 5.74) is 0.137. The van der Waals surface area contributed by atoms with E-state index in [2.05, 4.69) is 10.2 Å². The maximum Gasteiger partial charge on any atom is 0.338 e. The van der Waals surface area contributed by atoms with Gasteiger partial charge in [0.2, 0.25) is 5.89 Å². The van der Waals surface area contributed by atoms with E-state index < -0.39 is 17.0 Å². The monoisotopic (exact) mass is 317 g/mol. The first-order valence-corrected chi connectivity index (χ1v) is 7.33. The van der Waals surface area contributed by atoms with Gasteiger partial charge in [-0.25, -0.2) is 4.79 Å². The highest BCUT2D eigenvalue weighted by atomic mass is 16.6. The fourth-order valence-electron chi connectivity index (χ4n) is 2.23. The van der Waals surface area contributed by atoms with E-state index >= 15 is 0 Å². The van der Waals surface area contributed by atoms with Crippen LogP contribution in [0.3, 0.4) is 0 Å². The first-order chi connectivity index (χ1) is 11.0. The summed E-state index contributed by atoms with van der Waals surface area (Å²) in [5, 5.41) is 18.5. The Kier molecular flexibility index (Phi) is 4.05. The van der Waals surface area contributed by atoms with E-state index in [-0.39, 0.29) is 17.1 Å². The summed E-state index contributed by atoms with van der Waals surface area (Å²) in [5.74, 6) is 0.552. The standard InChI is InChI=1S/C15H15N3O5/c1-9(13-16-17-14(23-13)10-3-2-4-10)22-15(19)11-5-7-12(8-6-11)18(20)21/h5-10H,2-4H2,1H3. The van der Waals surface area contributed by atoms with Crippen LogP contribution in [-0.4, -0.2) is 21.1 Å². The van der Waals surface area contributed by atoms with E-state index in [1.807, 2.05) is 0 Å². The topological polar surface area (TPSA) is 108 Å². The number of nitrogens with zero attached hydrogens (tertiary/aromatic N) is 3. The Balaban J connectivity index is 1.64. The molecule has 8 nitrogen and oxygen atoms in total. The van der Waals surface area contributed by atoms with Gasteiger partial charge in [0.1, 0.15) is 0 Å². The van der Waals surface area contributed by atoms with E-state index in [0.717, 1.165) is 19.3 Å². The van der Waals surface area contributed by atoms with Gasteiger partial charge in [0.15, 0.2) is 6.10 Å². The molecule has 1 aliphatic rings. The summed E-state index contributed by atoms with van der Waals surface area (Å²) < 4.78 is 10.8. The fraction of sp³-hybridized carbons (Fsp3) is 0.400. The zero-order chi connectivity index (χ0) is 16.4. The van der Waals surface area contributed by atoms with Crippen molar-refractivity contribution in [2.75, 3.05) is 0 Å². The summed E-state index contributed by atoms with van der Waals surface area (Å²) in [4.78, 5) is 22.1. The molecule has 1 aromatic carbocycles. The lowest BCUT2D eigenvalue weighted by molar-refractivity contribution is -0.384. The SMILES string of the molecule is CC(OC(=O)c1ccc([N+](=O)[O-])cc1)c1nnc(C2CCC2)o1. The second-order valence-corrected chi connectivity index (χ2v) is 5.46. The number of aromatic nitrogens is 2. The summed E-state index contributed by atoms with van der Waals surface area (Å²) >= 11 is 0. The largest absolute Gasteiger partial charge is 0.449 e. The Morgan fingerprint density at radius 3 is 2.61 bits per heavy atom. The third-order valence-corrected chi connectivity index (χ3v) is 3.86. The maximum absolute atomic E-state index is 12.0. The summed E-state index contributed by atoms with van der Waals surface area (Å²) in [6, 6.07) is 5.20. The zero-order valence-electron chi connectivity index (χ0n) is 12.5. The molecule has 0 radical (unpaired) electrons. The molecule has 1 aliphatic carbocycles. The van der Waals surface area contributed by atoms with Gasteiger partial charge in [-0.2, -0.15) is 0 Å². The highest BCUT2D eigenvalue weighted by Gasteiger charge is 2.27. The normalized spacial score (nSPS) is 15.7. The van der Waals surface area contributed by atoms with Crippen molar-refractivity contribution >= 4 is 11.7 Å². The van der Waals surface area contributed by atoms with Crippen LogP contribution in [0.4, 0.5) is 5.69 Å². The molecule has 0 saturated heterocycles. The Hall–Kier alpha value is -2.77. The van der Waals surface area contributed by atoms with Crippen LogP contribution in [0.2, 0.25) is 0 Å². The van der Waals surface area contributed by atoms with Gasteiger partial charge in [0.25, 0.3) is 11.6 Å². The summed E-state index contributed by atoms with van der Waals surface area (Å²) in [6.07, 6.45) is 2.56. The van der Waals surface area contributed by atoms with Gasteiger partial charge in [0, 0.05) is 18.1 Å². The van der Waals surface area contributed by atoms with Crippen LogP contribution < -0.4 is 0 Å². The number of hydrogen-bond donors (Lipinski definition) is 0. The van der Waals surface area contributed by atoms with Crippen molar-refractivity contribution in [3.05, 3.63) is 51.7 Å². The third-order valence-electron chi connectivity index (χ3n) is 3.86.